The van der Waals surface area contributed by atoms with Gasteiger partial charge in [-0.05, 0) is 41.6 Å². The molecule has 1 heterocycles. The van der Waals surface area contributed by atoms with Crippen molar-refractivity contribution in [3.05, 3.63) is 23.8 Å². The number of aliphatic hydroxyl groups excluding tert-OH is 1. The van der Waals surface area contributed by atoms with E-state index < -0.39 is 6.29 Å². The van der Waals surface area contributed by atoms with Gasteiger partial charge in [-0.25, -0.2) is 0 Å². The summed E-state index contributed by atoms with van der Waals surface area (Å²) in [5.74, 6) is 0.747. The maximum absolute atomic E-state index is 12.7. The van der Waals surface area contributed by atoms with Crippen LogP contribution >= 0.6 is 0 Å². The molecular formula is C20H28O4. The Morgan fingerprint density at radius 3 is 2.71 bits per heavy atom. The third kappa shape index (κ3) is 2.91. The lowest BCUT2D eigenvalue weighted by atomic mass is 9.47. The lowest BCUT2D eigenvalue weighted by molar-refractivity contribution is -0.140. The maximum atomic E-state index is 12.7. The highest BCUT2D eigenvalue weighted by Gasteiger charge is 2.55. The first kappa shape index (κ1) is 17.6. The fraction of sp³-hybridized carbons (Fsp3) is 0.700. The third-order valence-corrected chi connectivity index (χ3v) is 6.51. The summed E-state index contributed by atoms with van der Waals surface area (Å²) in [6.07, 6.45) is 4.01. The Kier molecular flexibility index (Phi) is 4.33. The predicted octanol–water partition coefficient (Wildman–Crippen LogP) is 3.20. The van der Waals surface area contributed by atoms with Gasteiger partial charge in [-0.15, -0.1) is 0 Å². The maximum Gasteiger partial charge on any atom is 0.175 e. The van der Waals surface area contributed by atoms with E-state index >= 15 is 0 Å². The Hall–Kier alpha value is -1.26. The summed E-state index contributed by atoms with van der Waals surface area (Å²) in [5.41, 5.74) is 1.40. The Labute approximate surface area is 144 Å². The molecule has 2 aliphatic carbocycles. The van der Waals surface area contributed by atoms with Crippen LogP contribution < -0.4 is 0 Å². The Morgan fingerprint density at radius 1 is 1.38 bits per heavy atom. The molecule has 0 aromatic carbocycles. The molecule has 4 nitrogen and oxygen atoms in total. The van der Waals surface area contributed by atoms with Crippen LogP contribution in [0.3, 0.4) is 0 Å². The van der Waals surface area contributed by atoms with Crippen molar-refractivity contribution in [3.63, 3.8) is 0 Å². The minimum Gasteiger partial charge on any atom is -0.365 e. The number of ketones is 2. The van der Waals surface area contributed by atoms with E-state index in [-0.39, 0.29) is 29.1 Å². The molecule has 1 aliphatic heterocycles. The zero-order valence-electron chi connectivity index (χ0n) is 14.9. The molecule has 132 valence electrons. The van der Waals surface area contributed by atoms with Crippen molar-refractivity contribution >= 4 is 11.6 Å². The first-order valence-corrected chi connectivity index (χ1v) is 8.86. The summed E-state index contributed by atoms with van der Waals surface area (Å²) in [4.78, 5) is 25.1. The quantitative estimate of drug-likeness (QED) is 0.806. The van der Waals surface area contributed by atoms with Crippen molar-refractivity contribution in [2.24, 2.45) is 22.7 Å². The molecule has 0 aromatic rings. The van der Waals surface area contributed by atoms with Gasteiger partial charge in [-0.3, -0.25) is 9.59 Å². The molecule has 3 aliphatic rings. The van der Waals surface area contributed by atoms with Crippen LogP contribution in [0.15, 0.2) is 23.8 Å². The number of allylic oxidation sites excluding steroid dienone is 1. The Morgan fingerprint density at radius 2 is 2.08 bits per heavy atom. The van der Waals surface area contributed by atoms with Crippen LogP contribution in [0.4, 0.5) is 0 Å². The molecule has 1 N–H and O–H groups in total. The van der Waals surface area contributed by atoms with Crippen LogP contribution in [0.2, 0.25) is 0 Å². The van der Waals surface area contributed by atoms with E-state index in [9.17, 15) is 14.7 Å². The summed E-state index contributed by atoms with van der Waals surface area (Å²) < 4.78 is 5.05. The molecule has 0 unspecified atom stereocenters. The number of rotatable bonds is 3. The largest absolute Gasteiger partial charge is 0.365 e. The average Bonchev–Trinajstić information content (AvgIpc) is 2.87. The molecule has 4 heteroatoms. The first-order valence-electron chi connectivity index (χ1n) is 8.86. The summed E-state index contributed by atoms with van der Waals surface area (Å²) in [5, 5.41) is 9.43. The number of carbonyl (C=O) groups is 2. The zero-order valence-corrected chi connectivity index (χ0v) is 14.9. The fourth-order valence-corrected chi connectivity index (χ4v) is 5.50. The van der Waals surface area contributed by atoms with Gasteiger partial charge in [0.15, 0.2) is 12.1 Å². The Balaban J connectivity index is 1.87. The molecule has 24 heavy (non-hydrogen) atoms. The van der Waals surface area contributed by atoms with Gasteiger partial charge in [-0.2, -0.15) is 0 Å². The average molecular weight is 332 g/mol. The van der Waals surface area contributed by atoms with Gasteiger partial charge in [0, 0.05) is 24.8 Å². The van der Waals surface area contributed by atoms with Crippen molar-refractivity contribution in [2.75, 3.05) is 6.61 Å². The van der Waals surface area contributed by atoms with Gasteiger partial charge < -0.3 is 9.84 Å². The van der Waals surface area contributed by atoms with E-state index in [1.165, 1.54) is 6.08 Å². The molecule has 0 aromatic heterocycles. The smallest absolute Gasteiger partial charge is 0.175 e. The van der Waals surface area contributed by atoms with Crippen molar-refractivity contribution in [1.29, 1.82) is 0 Å². The van der Waals surface area contributed by atoms with E-state index in [0.29, 0.717) is 36.5 Å². The van der Waals surface area contributed by atoms with Crippen LogP contribution in [0.1, 0.15) is 52.9 Å². The van der Waals surface area contributed by atoms with E-state index in [1.54, 1.807) is 0 Å². The summed E-state index contributed by atoms with van der Waals surface area (Å²) >= 11 is 0. The second-order valence-electron chi connectivity index (χ2n) is 8.71. The molecule has 0 spiro atoms. The number of hydrogen-bond donors (Lipinski definition) is 1. The van der Waals surface area contributed by atoms with Gasteiger partial charge in [0.1, 0.15) is 5.78 Å². The molecule has 3 rings (SSSR count). The topological polar surface area (TPSA) is 63.6 Å². The molecule has 2 saturated carbocycles. The zero-order chi connectivity index (χ0) is 17.7. The fourth-order valence-electron chi connectivity index (χ4n) is 5.50. The number of hydrogen-bond acceptors (Lipinski definition) is 4. The minimum atomic E-state index is -0.975. The van der Waals surface area contributed by atoms with Gasteiger partial charge >= 0.3 is 0 Å². The van der Waals surface area contributed by atoms with Gasteiger partial charge in [0.05, 0.1) is 6.61 Å². The summed E-state index contributed by atoms with van der Waals surface area (Å²) in [6.45, 7) is 10.9. The number of ether oxygens (including phenoxy) is 1. The highest BCUT2D eigenvalue weighted by Crippen LogP contribution is 2.60. The minimum absolute atomic E-state index is 0.00963. The second-order valence-corrected chi connectivity index (χ2v) is 8.71. The van der Waals surface area contributed by atoms with Crippen molar-refractivity contribution in [1.82, 2.24) is 0 Å². The number of carbonyl (C=O) groups excluding carboxylic acids is 2. The van der Waals surface area contributed by atoms with Gasteiger partial charge in [0.2, 0.25) is 0 Å². The summed E-state index contributed by atoms with van der Waals surface area (Å²) in [7, 11) is 0. The number of Topliss-reactive ketones (excluding diaryl/α,β-unsaturated/α-hetero) is 2. The van der Waals surface area contributed by atoms with E-state index in [1.807, 2.05) is 0 Å². The number of aliphatic hydroxyl groups is 1. The molecular weight excluding hydrogens is 304 g/mol. The SMILES string of the molecule is C=C1CC[C@@H]2C(C)(C)CC(=O)C[C@@]2(C)[C@@H]1CC(=O)C1=C[C@H](O)OC1. The first-order chi connectivity index (χ1) is 11.1. The molecule has 0 radical (unpaired) electrons. The lowest BCUT2D eigenvalue weighted by Crippen LogP contribution is -2.52. The number of fused-ring (bicyclic) bond motifs is 1. The molecule has 0 amide bonds. The van der Waals surface area contributed by atoms with Crippen LogP contribution in [0.5, 0.6) is 0 Å². The lowest BCUT2D eigenvalue weighted by Gasteiger charge is -2.57. The monoisotopic (exact) mass is 332 g/mol. The third-order valence-electron chi connectivity index (χ3n) is 6.51. The molecule has 4 atom stereocenters. The Bertz CT molecular complexity index is 615. The van der Waals surface area contributed by atoms with Crippen LogP contribution in [-0.4, -0.2) is 29.6 Å². The summed E-state index contributed by atoms with van der Waals surface area (Å²) in [6, 6.07) is 0. The molecule has 0 saturated heterocycles. The van der Waals surface area contributed by atoms with Crippen molar-refractivity contribution in [2.45, 2.75) is 59.2 Å². The van der Waals surface area contributed by atoms with E-state index in [4.69, 9.17) is 4.74 Å². The normalized spacial score (nSPS) is 38.7. The highest BCUT2D eigenvalue weighted by molar-refractivity contribution is 5.96. The second kappa shape index (κ2) is 5.92. The van der Waals surface area contributed by atoms with E-state index in [2.05, 4.69) is 27.4 Å². The van der Waals surface area contributed by atoms with Crippen LogP contribution in [0.25, 0.3) is 0 Å². The van der Waals surface area contributed by atoms with Gasteiger partial charge in [0.25, 0.3) is 0 Å². The van der Waals surface area contributed by atoms with E-state index in [0.717, 1.165) is 18.4 Å². The van der Waals surface area contributed by atoms with Crippen LogP contribution in [0, 0.1) is 22.7 Å². The standard InChI is InChI=1S/C20H28O4/c1-12-5-6-17-19(2,3)9-14(21)10-20(17,4)15(12)8-16(22)13-7-18(23)24-11-13/h7,15,17-18,23H,1,5-6,8-11H2,2-4H3/t15-,17-,18-,20+/m1/s1. The molecule has 0 bridgehead atoms. The molecule has 2 fully saturated rings. The predicted molar refractivity (Wildman–Crippen MR) is 91.1 cm³/mol. The van der Waals surface area contributed by atoms with Gasteiger partial charge in [-0.1, -0.05) is 32.9 Å². The van der Waals surface area contributed by atoms with Crippen molar-refractivity contribution < 1.29 is 19.4 Å². The van der Waals surface area contributed by atoms with Crippen molar-refractivity contribution in [3.8, 4) is 0 Å². The van der Waals surface area contributed by atoms with Crippen LogP contribution in [-0.2, 0) is 14.3 Å². The highest BCUT2D eigenvalue weighted by atomic mass is 16.6.